The van der Waals surface area contributed by atoms with Crippen molar-refractivity contribution in [2.75, 3.05) is 0 Å². The number of carbonyl (C=O) groups excluding carboxylic acids is 2. The van der Waals surface area contributed by atoms with Gasteiger partial charge in [-0.1, -0.05) is 42.5 Å². The fourth-order valence-corrected chi connectivity index (χ4v) is 2.26. The van der Waals surface area contributed by atoms with Gasteiger partial charge >= 0.3 is 0 Å². The molecule has 1 aromatic rings. The summed E-state index contributed by atoms with van der Waals surface area (Å²) in [7, 11) is 0. The molecule has 1 aromatic carbocycles. The Hall–Kier alpha value is -2.17. The molecule has 0 radical (unpaired) electrons. The molecule has 1 heterocycles. The summed E-state index contributed by atoms with van der Waals surface area (Å²) in [6, 6.07) is 7.68. The molecule has 1 aliphatic rings. The summed E-state index contributed by atoms with van der Waals surface area (Å²) in [6.07, 6.45) is -1.36. The fraction of sp³-hybridized carbons (Fsp3) is 0.375. The van der Waals surface area contributed by atoms with E-state index in [1.165, 1.54) is 0 Å². The number of β-lactam (4-membered cyclic amide) rings is 1. The molecule has 2 rings (SSSR count). The topological polar surface area (TPSA) is 49.4 Å². The van der Waals surface area contributed by atoms with Crippen molar-refractivity contribution in [1.82, 2.24) is 10.2 Å². The van der Waals surface area contributed by atoms with Gasteiger partial charge in [-0.05, 0) is 19.4 Å². The van der Waals surface area contributed by atoms with E-state index >= 15 is 0 Å². The first-order valence-corrected chi connectivity index (χ1v) is 6.86. The van der Waals surface area contributed by atoms with E-state index in [9.17, 15) is 14.0 Å². The average Bonchev–Trinajstić information content (AvgIpc) is 2.46. The maximum atomic E-state index is 14.1. The summed E-state index contributed by atoms with van der Waals surface area (Å²) in [6.45, 7) is 7.18. The Bertz CT molecular complexity index is 559. The summed E-state index contributed by atoms with van der Waals surface area (Å²) >= 11 is 0. The molecule has 112 valence electrons. The third-order valence-electron chi connectivity index (χ3n) is 3.72. The number of likely N-dealkylation sites (tertiary alicyclic amines) is 1. The Morgan fingerprint density at radius 2 is 2.05 bits per heavy atom. The lowest BCUT2D eigenvalue weighted by Crippen LogP contribution is -2.71. The minimum atomic E-state index is -1.50. The lowest BCUT2D eigenvalue weighted by molar-refractivity contribution is -0.167. The first-order chi connectivity index (χ1) is 9.91. The molecule has 0 aliphatic carbocycles. The van der Waals surface area contributed by atoms with Crippen LogP contribution in [0.4, 0.5) is 4.39 Å². The molecule has 3 atom stereocenters. The van der Waals surface area contributed by atoms with Crippen molar-refractivity contribution in [2.45, 2.75) is 38.6 Å². The van der Waals surface area contributed by atoms with Crippen molar-refractivity contribution in [1.29, 1.82) is 0 Å². The highest BCUT2D eigenvalue weighted by molar-refractivity contribution is 5.93. The van der Waals surface area contributed by atoms with Crippen molar-refractivity contribution in [3.05, 3.63) is 48.0 Å². The number of nitrogens with zero attached hydrogens (tertiary/aromatic N) is 1. The highest BCUT2D eigenvalue weighted by Crippen LogP contribution is 2.26. The minimum Gasteiger partial charge on any atom is -0.340 e. The van der Waals surface area contributed by atoms with Gasteiger partial charge in [0.25, 0.3) is 5.91 Å². The van der Waals surface area contributed by atoms with Crippen molar-refractivity contribution < 1.29 is 14.0 Å². The number of rotatable bonds is 5. The lowest BCUT2D eigenvalue weighted by Gasteiger charge is -2.45. The van der Waals surface area contributed by atoms with Gasteiger partial charge in [0.15, 0.2) is 6.04 Å². The quantitative estimate of drug-likeness (QED) is 0.511. The van der Waals surface area contributed by atoms with Gasteiger partial charge in [0.05, 0.1) is 12.5 Å². The van der Waals surface area contributed by atoms with E-state index in [0.717, 1.165) is 10.5 Å². The largest absolute Gasteiger partial charge is 0.340 e. The van der Waals surface area contributed by atoms with Gasteiger partial charge in [-0.3, -0.25) is 9.59 Å². The van der Waals surface area contributed by atoms with E-state index in [1.54, 1.807) is 13.8 Å². The third-order valence-corrected chi connectivity index (χ3v) is 3.72. The fourth-order valence-electron chi connectivity index (χ4n) is 2.26. The van der Waals surface area contributed by atoms with E-state index < -0.39 is 18.2 Å². The molecule has 1 saturated heterocycles. The average molecular weight is 290 g/mol. The second-order valence-corrected chi connectivity index (χ2v) is 5.35. The van der Waals surface area contributed by atoms with Gasteiger partial charge in [0.1, 0.15) is 0 Å². The molecule has 4 nitrogen and oxygen atoms in total. The van der Waals surface area contributed by atoms with Crippen LogP contribution in [0, 0.1) is 0 Å². The predicted octanol–water partition coefficient (Wildman–Crippen LogP) is 1.82. The molecular weight excluding hydrogens is 271 g/mol. The number of alkyl halides is 1. The first-order valence-electron chi connectivity index (χ1n) is 6.86. The van der Waals surface area contributed by atoms with Crippen molar-refractivity contribution in [3.63, 3.8) is 0 Å². The molecule has 0 aromatic heterocycles. The van der Waals surface area contributed by atoms with Crippen LogP contribution < -0.4 is 5.32 Å². The summed E-state index contributed by atoms with van der Waals surface area (Å²) in [5.74, 6) is -0.760. The second kappa shape index (κ2) is 6.08. The van der Waals surface area contributed by atoms with Crippen LogP contribution >= 0.6 is 0 Å². The molecule has 1 N–H and O–H groups in total. The number of halogens is 1. The summed E-state index contributed by atoms with van der Waals surface area (Å²) < 4.78 is 14.1. The van der Waals surface area contributed by atoms with E-state index in [-0.39, 0.29) is 18.4 Å². The highest BCUT2D eigenvalue weighted by atomic mass is 19.1. The first kappa shape index (κ1) is 15.2. The van der Waals surface area contributed by atoms with Crippen LogP contribution in [-0.2, 0) is 16.0 Å². The number of amides is 2. The van der Waals surface area contributed by atoms with E-state index in [4.69, 9.17) is 0 Å². The van der Waals surface area contributed by atoms with Gasteiger partial charge < -0.3 is 10.2 Å². The van der Waals surface area contributed by atoms with Crippen LogP contribution in [0.3, 0.4) is 0 Å². The Labute approximate surface area is 123 Å². The minimum absolute atomic E-state index is 0.132. The lowest BCUT2D eigenvalue weighted by atomic mass is 9.99. The summed E-state index contributed by atoms with van der Waals surface area (Å²) in [5.41, 5.74) is 1.53. The highest BCUT2D eigenvalue weighted by Gasteiger charge is 2.50. The van der Waals surface area contributed by atoms with E-state index in [2.05, 4.69) is 11.9 Å². The van der Waals surface area contributed by atoms with Crippen molar-refractivity contribution in [2.24, 2.45) is 0 Å². The van der Waals surface area contributed by atoms with Crippen molar-refractivity contribution in [3.8, 4) is 0 Å². The maximum absolute atomic E-state index is 14.1. The standard InChI is InChI=1S/C16H19FN2O2/c1-10(2)11(3)19-15(17)14(16(19)21)18-13(20)9-12-7-5-4-6-8-12/h4-8,11,14-15H,1,9H2,2-3H3,(H,18,20). The molecule has 1 fully saturated rings. The van der Waals surface area contributed by atoms with Crippen LogP contribution in [0.5, 0.6) is 0 Å². The normalized spacial score (nSPS) is 22.4. The second-order valence-electron chi connectivity index (χ2n) is 5.35. The van der Waals surface area contributed by atoms with Crippen LogP contribution in [0.25, 0.3) is 0 Å². The van der Waals surface area contributed by atoms with Crippen molar-refractivity contribution >= 4 is 11.8 Å². The number of carbonyl (C=O) groups is 2. The predicted molar refractivity (Wildman–Crippen MR) is 78.1 cm³/mol. The van der Waals surface area contributed by atoms with Crippen LogP contribution in [-0.4, -0.2) is 35.1 Å². The number of nitrogens with one attached hydrogen (secondary N) is 1. The smallest absolute Gasteiger partial charge is 0.253 e. The van der Waals surface area contributed by atoms with Gasteiger partial charge in [-0.2, -0.15) is 0 Å². The molecule has 0 saturated carbocycles. The van der Waals surface area contributed by atoms with Crippen LogP contribution in [0.15, 0.2) is 42.5 Å². The number of hydrogen-bond acceptors (Lipinski definition) is 2. The van der Waals surface area contributed by atoms with Gasteiger partial charge in [0.2, 0.25) is 12.2 Å². The zero-order valence-electron chi connectivity index (χ0n) is 12.2. The maximum Gasteiger partial charge on any atom is 0.253 e. The monoisotopic (exact) mass is 290 g/mol. The van der Waals surface area contributed by atoms with E-state index in [1.807, 2.05) is 30.3 Å². The van der Waals surface area contributed by atoms with E-state index in [0.29, 0.717) is 5.57 Å². The molecular formula is C16H19FN2O2. The van der Waals surface area contributed by atoms with Gasteiger partial charge in [-0.25, -0.2) is 4.39 Å². The molecule has 0 spiro atoms. The Kier molecular flexibility index (Phi) is 4.40. The van der Waals surface area contributed by atoms with Crippen LogP contribution in [0.1, 0.15) is 19.4 Å². The molecule has 2 amide bonds. The third kappa shape index (κ3) is 3.12. The summed E-state index contributed by atoms with van der Waals surface area (Å²) in [5, 5.41) is 2.45. The number of benzene rings is 1. The molecule has 21 heavy (non-hydrogen) atoms. The Balaban J connectivity index is 1.91. The zero-order valence-corrected chi connectivity index (χ0v) is 12.2. The summed E-state index contributed by atoms with van der Waals surface area (Å²) in [4.78, 5) is 24.9. The van der Waals surface area contributed by atoms with Gasteiger partial charge in [-0.15, -0.1) is 0 Å². The Morgan fingerprint density at radius 3 is 2.57 bits per heavy atom. The molecule has 5 heteroatoms. The van der Waals surface area contributed by atoms with Crippen LogP contribution in [0.2, 0.25) is 0 Å². The SMILES string of the molecule is C=C(C)C(C)N1C(=O)C(NC(=O)Cc2ccccc2)C1F. The van der Waals surface area contributed by atoms with Gasteiger partial charge in [0, 0.05) is 0 Å². The zero-order chi connectivity index (χ0) is 15.6. The molecule has 0 bridgehead atoms. The molecule has 3 unspecified atom stereocenters. The molecule has 1 aliphatic heterocycles. The number of hydrogen-bond donors (Lipinski definition) is 1. The Morgan fingerprint density at radius 1 is 1.43 bits per heavy atom.